The number of hydrogen-bond acceptors (Lipinski definition) is 4. The van der Waals surface area contributed by atoms with Crippen molar-refractivity contribution in [2.45, 2.75) is 0 Å². The topological polar surface area (TPSA) is 89.4 Å². The lowest BCUT2D eigenvalue weighted by molar-refractivity contribution is 1.23. The van der Waals surface area contributed by atoms with Gasteiger partial charge >= 0.3 is 0 Å². The molecule has 9 rings (SSSR count). The molecule has 0 aliphatic rings. The molecule has 3 heterocycles. The number of benzene rings is 6. The smallest absolute Gasteiger partial charge is 0.180 e. The Labute approximate surface area is 355 Å². The van der Waals surface area contributed by atoms with Gasteiger partial charge in [0.2, 0.25) is 0 Å². The first-order valence-electron chi connectivity index (χ1n) is 20.1. The van der Waals surface area contributed by atoms with E-state index in [1.807, 2.05) is 164 Å². The van der Waals surface area contributed by atoms with Crippen LogP contribution in [0, 0.1) is 0 Å². The first kappa shape index (κ1) is 38.2. The standard InChI is InChI=1S/C55H40N6/c1-38(48-32-45(39-20-8-2-9-21-39)33-49(58-48)42-26-14-5-15-27-42)57-55(53-37-47(41-24-12-4-13-25-41)35-51(60-53)44-30-18-7-19-31-44)61-54(56)52-36-46(40-22-10-3-11-23-40)34-50(59-52)43-28-16-6-17-29-43/h2-37H,1H2,(H2,56,57,61). The summed E-state index contributed by atoms with van der Waals surface area (Å²) in [7, 11) is 0. The molecule has 0 spiro atoms. The number of aromatic nitrogens is 3. The van der Waals surface area contributed by atoms with Crippen molar-refractivity contribution < 1.29 is 0 Å². The molecule has 0 fully saturated rings. The van der Waals surface area contributed by atoms with Crippen LogP contribution in [0.4, 0.5) is 0 Å². The lowest BCUT2D eigenvalue weighted by atomic mass is 10.0. The summed E-state index contributed by atoms with van der Waals surface area (Å²) in [6.45, 7) is 4.51. The molecular formula is C55H40N6. The largest absolute Gasteiger partial charge is 0.382 e. The van der Waals surface area contributed by atoms with E-state index in [1.165, 1.54) is 0 Å². The normalized spacial score (nSPS) is 11.6. The molecule has 0 aliphatic carbocycles. The first-order chi connectivity index (χ1) is 30.0. The summed E-state index contributed by atoms with van der Waals surface area (Å²) in [6, 6.07) is 73.1. The molecular weight excluding hydrogens is 745 g/mol. The van der Waals surface area contributed by atoms with Crippen molar-refractivity contribution in [3.8, 4) is 67.2 Å². The van der Waals surface area contributed by atoms with E-state index in [9.17, 15) is 0 Å². The molecule has 6 aromatic carbocycles. The van der Waals surface area contributed by atoms with Crippen molar-refractivity contribution in [2.24, 2.45) is 15.7 Å². The van der Waals surface area contributed by atoms with E-state index in [1.54, 1.807) is 0 Å². The Bertz CT molecular complexity index is 2830. The number of rotatable bonds is 10. The number of nitrogens with two attached hydrogens (primary N) is 1. The Morgan fingerprint density at radius 2 is 0.623 bits per heavy atom. The first-order valence-corrected chi connectivity index (χ1v) is 20.1. The molecule has 0 atom stereocenters. The third kappa shape index (κ3) is 8.89. The second-order valence-electron chi connectivity index (χ2n) is 14.5. The zero-order chi connectivity index (χ0) is 41.4. The minimum Gasteiger partial charge on any atom is -0.382 e. The highest BCUT2D eigenvalue weighted by molar-refractivity contribution is 6.12. The zero-order valence-corrected chi connectivity index (χ0v) is 33.3. The number of aliphatic imine (C=N–C) groups is 2. The number of nitrogens with zero attached hydrogens (tertiary/aromatic N) is 5. The quantitative estimate of drug-likeness (QED) is 0.110. The maximum absolute atomic E-state index is 7.07. The van der Waals surface area contributed by atoms with Crippen molar-refractivity contribution in [1.82, 2.24) is 15.0 Å². The van der Waals surface area contributed by atoms with Gasteiger partial charge in [0, 0.05) is 16.7 Å². The van der Waals surface area contributed by atoms with Gasteiger partial charge in [-0.3, -0.25) is 0 Å². The third-order valence-corrected chi connectivity index (χ3v) is 10.3. The number of hydrogen-bond donors (Lipinski definition) is 1. The van der Waals surface area contributed by atoms with Crippen LogP contribution in [0.1, 0.15) is 17.1 Å². The SMILES string of the molecule is C=C(N=C(N=C(N)c1cc(-c2ccccc2)cc(-c2ccccc2)n1)c1cc(-c2ccccc2)cc(-c2ccccc2)n1)c1cc(-c2ccccc2)cc(-c2ccccc2)n1. The van der Waals surface area contributed by atoms with Crippen LogP contribution in [0.3, 0.4) is 0 Å². The molecule has 0 aliphatic heterocycles. The predicted molar refractivity (Wildman–Crippen MR) is 252 cm³/mol. The van der Waals surface area contributed by atoms with Crippen molar-refractivity contribution in [2.75, 3.05) is 0 Å². The van der Waals surface area contributed by atoms with Gasteiger partial charge < -0.3 is 5.73 Å². The molecule has 61 heavy (non-hydrogen) atoms. The molecule has 0 amide bonds. The van der Waals surface area contributed by atoms with E-state index in [0.717, 1.165) is 67.2 Å². The van der Waals surface area contributed by atoms with Crippen molar-refractivity contribution in [1.29, 1.82) is 0 Å². The molecule has 2 N–H and O–H groups in total. The van der Waals surface area contributed by atoms with E-state index in [4.69, 9.17) is 30.7 Å². The molecule has 0 bridgehead atoms. The molecule has 290 valence electrons. The zero-order valence-electron chi connectivity index (χ0n) is 33.3. The molecule has 6 nitrogen and oxygen atoms in total. The minimum absolute atomic E-state index is 0.172. The molecule has 6 heteroatoms. The fourth-order valence-electron chi connectivity index (χ4n) is 7.14. The Morgan fingerprint density at radius 1 is 0.328 bits per heavy atom. The highest BCUT2D eigenvalue weighted by Gasteiger charge is 2.17. The average molecular weight is 785 g/mol. The molecule has 3 aromatic heterocycles. The van der Waals surface area contributed by atoms with Crippen LogP contribution in [-0.2, 0) is 0 Å². The highest BCUT2D eigenvalue weighted by atomic mass is 15.0. The fraction of sp³-hybridized carbons (Fsp3) is 0. The van der Waals surface area contributed by atoms with Crippen molar-refractivity contribution >= 4 is 17.4 Å². The van der Waals surface area contributed by atoms with E-state index >= 15 is 0 Å². The van der Waals surface area contributed by atoms with Crippen molar-refractivity contribution in [3.63, 3.8) is 0 Å². The monoisotopic (exact) mass is 784 g/mol. The lowest BCUT2D eigenvalue weighted by Crippen LogP contribution is -2.19. The van der Waals surface area contributed by atoms with Crippen molar-refractivity contribution in [3.05, 3.63) is 242 Å². The number of amidine groups is 2. The summed E-state index contributed by atoms with van der Waals surface area (Å²) >= 11 is 0. The van der Waals surface area contributed by atoms with Crippen LogP contribution in [0.5, 0.6) is 0 Å². The Balaban J connectivity index is 1.25. The van der Waals surface area contributed by atoms with Gasteiger partial charge in [-0.2, -0.15) is 0 Å². The summed E-state index contributed by atoms with van der Waals surface area (Å²) in [5.74, 6) is 0.435. The molecule has 0 saturated carbocycles. The number of pyridine rings is 3. The van der Waals surface area contributed by atoms with Gasteiger partial charge in [0.05, 0.1) is 28.5 Å². The second-order valence-corrected chi connectivity index (χ2v) is 14.5. The molecule has 0 saturated heterocycles. The maximum Gasteiger partial charge on any atom is 0.180 e. The predicted octanol–water partition coefficient (Wildman–Crippen LogP) is 12.7. The van der Waals surface area contributed by atoms with Gasteiger partial charge in [0.25, 0.3) is 0 Å². The van der Waals surface area contributed by atoms with Gasteiger partial charge in [-0.25, -0.2) is 24.9 Å². The van der Waals surface area contributed by atoms with Crippen LogP contribution >= 0.6 is 0 Å². The second kappa shape index (κ2) is 17.6. The van der Waals surface area contributed by atoms with Gasteiger partial charge in [0.1, 0.15) is 11.4 Å². The van der Waals surface area contributed by atoms with Crippen LogP contribution in [0.25, 0.3) is 72.8 Å². The van der Waals surface area contributed by atoms with Crippen LogP contribution < -0.4 is 5.73 Å². The highest BCUT2D eigenvalue weighted by Crippen LogP contribution is 2.31. The van der Waals surface area contributed by atoms with Crippen LogP contribution in [0.2, 0.25) is 0 Å². The Kier molecular flexibility index (Phi) is 11.0. The molecule has 9 aromatic rings. The van der Waals surface area contributed by atoms with E-state index in [0.29, 0.717) is 22.8 Å². The van der Waals surface area contributed by atoms with Crippen LogP contribution in [0.15, 0.2) is 235 Å². The summed E-state index contributed by atoms with van der Waals surface area (Å²) in [6.07, 6.45) is 0. The molecule has 0 radical (unpaired) electrons. The lowest BCUT2D eigenvalue weighted by Gasteiger charge is -2.13. The van der Waals surface area contributed by atoms with E-state index in [2.05, 4.69) is 61.2 Å². The Hall–Kier alpha value is -8.35. The van der Waals surface area contributed by atoms with E-state index in [-0.39, 0.29) is 11.7 Å². The third-order valence-electron chi connectivity index (χ3n) is 10.3. The summed E-state index contributed by atoms with van der Waals surface area (Å²) in [5.41, 5.74) is 20.2. The minimum atomic E-state index is 0.172. The van der Waals surface area contributed by atoms with Gasteiger partial charge in [0.15, 0.2) is 11.7 Å². The van der Waals surface area contributed by atoms with E-state index < -0.39 is 0 Å². The fourth-order valence-corrected chi connectivity index (χ4v) is 7.14. The van der Waals surface area contributed by atoms with Gasteiger partial charge in [-0.15, -0.1) is 0 Å². The van der Waals surface area contributed by atoms with Gasteiger partial charge in [-0.1, -0.05) is 189 Å². The van der Waals surface area contributed by atoms with Gasteiger partial charge in [-0.05, 0) is 69.8 Å². The average Bonchev–Trinajstić information content (AvgIpc) is 3.35. The Morgan fingerprint density at radius 3 is 1.00 bits per heavy atom. The van der Waals surface area contributed by atoms with Crippen LogP contribution in [-0.4, -0.2) is 26.6 Å². The molecule has 0 unspecified atom stereocenters. The summed E-state index contributed by atoms with van der Waals surface area (Å²) in [5, 5.41) is 0. The summed E-state index contributed by atoms with van der Waals surface area (Å²) in [4.78, 5) is 25.7. The maximum atomic E-state index is 7.07. The summed E-state index contributed by atoms with van der Waals surface area (Å²) < 4.78 is 0.